The standard InChI is InChI=1S/C19H16N4O3S2/c1-11-9-15-21-22-19(23(15)14-6-4-3-5-12(11)14)28-10-16(24)20-13-7-8-27-17(13)18(25)26-2/h3-9H,10H2,1-2H3,(H,20,24). The number of benzene rings is 1. The Balaban J connectivity index is 1.55. The van der Waals surface area contributed by atoms with Gasteiger partial charge in [0.1, 0.15) is 4.88 Å². The fourth-order valence-electron chi connectivity index (χ4n) is 2.94. The molecule has 4 rings (SSSR count). The van der Waals surface area contributed by atoms with E-state index in [1.54, 1.807) is 11.4 Å². The summed E-state index contributed by atoms with van der Waals surface area (Å²) in [5.41, 5.74) is 3.31. The number of thiophene rings is 1. The minimum Gasteiger partial charge on any atom is -0.465 e. The molecule has 0 saturated heterocycles. The van der Waals surface area contributed by atoms with Gasteiger partial charge in [-0.05, 0) is 36.1 Å². The maximum absolute atomic E-state index is 12.4. The van der Waals surface area contributed by atoms with Crippen molar-refractivity contribution in [2.45, 2.75) is 12.1 Å². The highest BCUT2D eigenvalue weighted by Crippen LogP contribution is 2.27. The van der Waals surface area contributed by atoms with Crippen LogP contribution in [0.1, 0.15) is 15.2 Å². The first-order chi connectivity index (χ1) is 13.6. The van der Waals surface area contributed by atoms with Crippen molar-refractivity contribution in [2.24, 2.45) is 0 Å². The number of carbonyl (C=O) groups is 2. The summed E-state index contributed by atoms with van der Waals surface area (Å²) in [6, 6.07) is 11.7. The van der Waals surface area contributed by atoms with Crippen LogP contribution in [0.5, 0.6) is 0 Å². The van der Waals surface area contributed by atoms with Crippen LogP contribution in [-0.2, 0) is 9.53 Å². The van der Waals surface area contributed by atoms with Gasteiger partial charge < -0.3 is 10.1 Å². The van der Waals surface area contributed by atoms with E-state index in [1.165, 1.54) is 30.2 Å². The van der Waals surface area contributed by atoms with Crippen molar-refractivity contribution in [3.63, 3.8) is 0 Å². The zero-order chi connectivity index (χ0) is 19.7. The Bertz CT molecular complexity index is 1200. The number of hydrogen-bond donors (Lipinski definition) is 1. The molecule has 28 heavy (non-hydrogen) atoms. The number of nitrogens with one attached hydrogen (secondary N) is 1. The van der Waals surface area contributed by atoms with Crippen molar-refractivity contribution in [1.82, 2.24) is 14.6 Å². The van der Waals surface area contributed by atoms with E-state index in [0.717, 1.165) is 22.1 Å². The molecular weight excluding hydrogens is 396 g/mol. The zero-order valence-electron chi connectivity index (χ0n) is 15.1. The smallest absolute Gasteiger partial charge is 0.350 e. The van der Waals surface area contributed by atoms with Crippen LogP contribution >= 0.6 is 23.1 Å². The van der Waals surface area contributed by atoms with E-state index in [1.807, 2.05) is 35.6 Å². The van der Waals surface area contributed by atoms with Gasteiger partial charge in [-0.1, -0.05) is 30.0 Å². The second-order valence-electron chi connectivity index (χ2n) is 6.01. The molecular formula is C19H16N4O3S2. The van der Waals surface area contributed by atoms with Crippen LogP contribution in [0, 0.1) is 6.92 Å². The molecule has 3 aromatic heterocycles. The van der Waals surface area contributed by atoms with Crippen molar-refractivity contribution < 1.29 is 14.3 Å². The Morgan fingerprint density at radius 2 is 2.07 bits per heavy atom. The maximum Gasteiger partial charge on any atom is 0.350 e. The lowest BCUT2D eigenvalue weighted by Crippen LogP contribution is -2.16. The molecule has 1 N–H and O–H groups in total. The molecule has 4 aromatic rings. The van der Waals surface area contributed by atoms with Gasteiger partial charge in [-0.25, -0.2) is 4.79 Å². The van der Waals surface area contributed by atoms with Gasteiger partial charge in [0, 0.05) is 5.39 Å². The number of ether oxygens (including phenoxy) is 1. The first-order valence-electron chi connectivity index (χ1n) is 8.40. The van der Waals surface area contributed by atoms with Gasteiger partial charge in [0.25, 0.3) is 0 Å². The van der Waals surface area contributed by atoms with Gasteiger partial charge in [-0.3, -0.25) is 9.20 Å². The molecule has 0 aliphatic carbocycles. The second kappa shape index (κ2) is 7.61. The second-order valence-corrected chi connectivity index (χ2v) is 7.87. The zero-order valence-corrected chi connectivity index (χ0v) is 16.8. The third-order valence-corrected chi connectivity index (χ3v) is 6.04. The largest absolute Gasteiger partial charge is 0.465 e. The Kier molecular flexibility index (Phi) is 5.01. The van der Waals surface area contributed by atoms with E-state index in [2.05, 4.69) is 21.6 Å². The number of pyridine rings is 1. The number of aryl methyl sites for hydroxylation is 1. The van der Waals surface area contributed by atoms with Crippen molar-refractivity contribution in [2.75, 3.05) is 18.2 Å². The quantitative estimate of drug-likeness (QED) is 0.397. The summed E-state index contributed by atoms with van der Waals surface area (Å²) < 4.78 is 6.68. The first kappa shape index (κ1) is 18.5. The SMILES string of the molecule is COC(=O)c1sccc1NC(=O)CSc1nnc2cc(C)c3ccccc3n12. The third kappa shape index (κ3) is 3.34. The van der Waals surface area contributed by atoms with Crippen LogP contribution in [-0.4, -0.2) is 39.3 Å². The molecule has 142 valence electrons. The number of esters is 1. The van der Waals surface area contributed by atoms with E-state index in [9.17, 15) is 9.59 Å². The lowest BCUT2D eigenvalue weighted by molar-refractivity contribution is -0.113. The van der Waals surface area contributed by atoms with Crippen LogP contribution < -0.4 is 5.32 Å². The number of fused-ring (bicyclic) bond motifs is 3. The molecule has 1 aromatic carbocycles. The Morgan fingerprint density at radius 1 is 1.25 bits per heavy atom. The van der Waals surface area contributed by atoms with Crippen molar-refractivity contribution in [1.29, 1.82) is 0 Å². The number of methoxy groups -OCH3 is 1. The van der Waals surface area contributed by atoms with Crippen molar-refractivity contribution in [3.05, 3.63) is 52.2 Å². The summed E-state index contributed by atoms with van der Waals surface area (Å²) in [5.74, 6) is -0.565. The topological polar surface area (TPSA) is 85.6 Å². The lowest BCUT2D eigenvalue weighted by Gasteiger charge is -2.08. The van der Waals surface area contributed by atoms with E-state index in [0.29, 0.717) is 15.7 Å². The number of hydrogen-bond acceptors (Lipinski definition) is 7. The number of anilines is 1. The highest BCUT2D eigenvalue weighted by molar-refractivity contribution is 7.99. The van der Waals surface area contributed by atoms with E-state index in [-0.39, 0.29) is 11.7 Å². The van der Waals surface area contributed by atoms with Crippen LogP contribution in [0.15, 0.2) is 46.9 Å². The number of carbonyl (C=O) groups excluding carboxylic acids is 2. The molecule has 0 saturated carbocycles. The average Bonchev–Trinajstić information content (AvgIpc) is 3.33. The van der Waals surface area contributed by atoms with Gasteiger partial charge in [-0.2, -0.15) is 0 Å². The third-order valence-electron chi connectivity index (χ3n) is 4.22. The first-order valence-corrected chi connectivity index (χ1v) is 10.3. The number of thioether (sulfide) groups is 1. The predicted octanol–water partition coefficient (Wildman–Crippen LogP) is 3.77. The molecule has 0 fully saturated rings. The van der Waals surface area contributed by atoms with Crippen LogP contribution in [0.25, 0.3) is 16.6 Å². The van der Waals surface area contributed by atoms with Crippen molar-refractivity contribution in [3.8, 4) is 0 Å². The van der Waals surface area contributed by atoms with Crippen LogP contribution in [0.2, 0.25) is 0 Å². The Hall–Kier alpha value is -2.91. The summed E-state index contributed by atoms with van der Waals surface area (Å²) in [6.45, 7) is 2.04. The average molecular weight is 412 g/mol. The molecule has 0 unspecified atom stereocenters. The van der Waals surface area contributed by atoms with Crippen molar-refractivity contribution >= 4 is 57.2 Å². The van der Waals surface area contributed by atoms with Gasteiger partial charge in [-0.15, -0.1) is 21.5 Å². The molecule has 0 atom stereocenters. The maximum atomic E-state index is 12.4. The number of para-hydroxylation sites is 1. The van der Waals surface area contributed by atoms with Crippen LogP contribution in [0.4, 0.5) is 5.69 Å². The molecule has 0 bridgehead atoms. The molecule has 0 aliphatic rings. The molecule has 1 amide bonds. The number of rotatable bonds is 5. The Morgan fingerprint density at radius 3 is 2.89 bits per heavy atom. The summed E-state index contributed by atoms with van der Waals surface area (Å²) in [5, 5.41) is 14.7. The number of aromatic nitrogens is 3. The monoisotopic (exact) mass is 412 g/mol. The minimum absolute atomic E-state index is 0.138. The molecule has 0 radical (unpaired) electrons. The Labute approximate surface area is 168 Å². The predicted molar refractivity (Wildman–Crippen MR) is 110 cm³/mol. The number of nitrogens with zero attached hydrogens (tertiary/aromatic N) is 3. The highest BCUT2D eigenvalue weighted by atomic mass is 32.2. The summed E-state index contributed by atoms with van der Waals surface area (Å²) >= 11 is 2.51. The minimum atomic E-state index is -0.469. The van der Waals surface area contributed by atoms with E-state index < -0.39 is 5.97 Å². The van der Waals surface area contributed by atoms with Crippen LogP contribution in [0.3, 0.4) is 0 Å². The summed E-state index contributed by atoms with van der Waals surface area (Å²) in [7, 11) is 1.31. The van der Waals surface area contributed by atoms with Gasteiger partial charge >= 0.3 is 5.97 Å². The van der Waals surface area contributed by atoms with Gasteiger partial charge in [0.15, 0.2) is 10.8 Å². The van der Waals surface area contributed by atoms with E-state index in [4.69, 9.17) is 4.74 Å². The normalized spacial score (nSPS) is 11.1. The van der Waals surface area contributed by atoms with Gasteiger partial charge in [0.2, 0.25) is 5.91 Å². The fourth-order valence-corrected chi connectivity index (χ4v) is 4.46. The lowest BCUT2D eigenvalue weighted by atomic mass is 10.1. The number of amides is 1. The van der Waals surface area contributed by atoms with Gasteiger partial charge in [0.05, 0.1) is 24.1 Å². The highest BCUT2D eigenvalue weighted by Gasteiger charge is 2.17. The fraction of sp³-hybridized carbons (Fsp3) is 0.158. The molecule has 0 aliphatic heterocycles. The molecule has 0 spiro atoms. The molecule has 7 nitrogen and oxygen atoms in total. The molecule has 3 heterocycles. The van der Waals surface area contributed by atoms with E-state index >= 15 is 0 Å². The molecule has 9 heteroatoms. The summed E-state index contributed by atoms with van der Waals surface area (Å²) in [6.07, 6.45) is 0. The summed E-state index contributed by atoms with van der Waals surface area (Å²) in [4.78, 5) is 24.5.